The average molecular weight is 402 g/mol. The number of ether oxygens (including phenoxy) is 1. The molecule has 0 radical (unpaired) electrons. The highest BCUT2D eigenvalue weighted by Gasteiger charge is 2.37. The van der Waals surface area contributed by atoms with Crippen LogP contribution >= 0.6 is 0 Å². The Morgan fingerprint density at radius 1 is 1.17 bits per heavy atom. The van der Waals surface area contributed by atoms with Crippen LogP contribution in [0.15, 0.2) is 48.7 Å². The number of amides is 1. The fourth-order valence-electron chi connectivity index (χ4n) is 4.82. The van der Waals surface area contributed by atoms with Gasteiger partial charge in [-0.3, -0.25) is 4.79 Å². The number of benzene rings is 1. The minimum Gasteiger partial charge on any atom is -0.478 e. The lowest BCUT2D eigenvalue weighted by atomic mass is 10.0. The summed E-state index contributed by atoms with van der Waals surface area (Å²) < 4.78 is 5.43. The van der Waals surface area contributed by atoms with E-state index in [4.69, 9.17) is 9.72 Å². The normalized spacial score (nSPS) is 22.8. The lowest BCUT2D eigenvalue weighted by Gasteiger charge is -2.16. The molecule has 1 amide bonds. The molecule has 5 rings (SSSR count). The predicted octanol–water partition coefficient (Wildman–Crippen LogP) is 3.42. The summed E-state index contributed by atoms with van der Waals surface area (Å²) in [5, 5.41) is 7.62. The molecule has 6 heteroatoms. The third kappa shape index (κ3) is 3.63. The van der Waals surface area contributed by atoms with Gasteiger partial charge in [-0.2, -0.15) is 0 Å². The van der Waals surface area contributed by atoms with Crippen molar-refractivity contribution in [2.24, 2.45) is 11.8 Å². The third-order valence-corrected chi connectivity index (χ3v) is 6.27. The second-order valence-electron chi connectivity index (χ2n) is 8.21. The van der Waals surface area contributed by atoms with Gasteiger partial charge in [0.2, 0.25) is 5.88 Å². The molecule has 2 aliphatic rings. The van der Waals surface area contributed by atoms with Crippen molar-refractivity contribution in [2.45, 2.75) is 25.8 Å². The van der Waals surface area contributed by atoms with Crippen LogP contribution in [0.5, 0.6) is 5.88 Å². The number of nitrogens with one attached hydrogen (secondary N) is 2. The van der Waals surface area contributed by atoms with Crippen LogP contribution in [0.3, 0.4) is 0 Å². The number of carbonyl (C=O) groups excluding carboxylic acids is 1. The fourth-order valence-corrected chi connectivity index (χ4v) is 4.82. The zero-order chi connectivity index (χ0) is 20.5. The van der Waals surface area contributed by atoms with Crippen molar-refractivity contribution >= 4 is 16.8 Å². The Morgan fingerprint density at radius 3 is 2.70 bits per heavy atom. The van der Waals surface area contributed by atoms with Crippen molar-refractivity contribution in [3.63, 3.8) is 0 Å². The van der Waals surface area contributed by atoms with Crippen LogP contribution in [0.25, 0.3) is 22.2 Å². The fraction of sp³-hybridized carbons (Fsp3) is 0.375. The van der Waals surface area contributed by atoms with Crippen molar-refractivity contribution in [3.8, 4) is 17.1 Å². The van der Waals surface area contributed by atoms with E-state index >= 15 is 0 Å². The summed E-state index contributed by atoms with van der Waals surface area (Å²) in [6, 6.07) is 13.7. The molecule has 30 heavy (non-hydrogen) atoms. The van der Waals surface area contributed by atoms with Gasteiger partial charge in [-0.25, -0.2) is 9.97 Å². The third-order valence-electron chi connectivity index (χ3n) is 6.27. The highest BCUT2D eigenvalue weighted by atomic mass is 16.5. The summed E-state index contributed by atoms with van der Waals surface area (Å²) in [6.45, 7) is 4.65. The largest absolute Gasteiger partial charge is 0.478 e. The molecule has 2 N–H and O–H groups in total. The first-order valence-electron chi connectivity index (χ1n) is 10.7. The molecule has 0 spiro atoms. The van der Waals surface area contributed by atoms with E-state index < -0.39 is 0 Å². The van der Waals surface area contributed by atoms with E-state index in [1.54, 1.807) is 6.20 Å². The van der Waals surface area contributed by atoms with Crippen LogP contribution in [-0.4, -0.2) is 41.6 Å². The molecule has 1 aromatic carbocycles. The highest BCUT2D eigenvalue weighted by Crippen LogP contribution is 2.35. The lowest BCUT2D eigenvalue weighted by Crippen LogP contribution is -2.34. The Balaban J connectivity index is 1.45. The van der Waals surface area contributed by atoms with Crippen LogP contribution in [0, 0.1) is 11.8 Å². The van der Waals surface area contributed by atoms with Crippen molar-refractivity contribution in [1.82, 2.24) is 20.6 Å². The van der Waals surface area contributed by atoms with E-state index in [9.17, 15) is 4.79 Å². The van der Waals surface area contributed by atoms with Crippen molar-refractivity contribution in [1.29, 1.82) is 0 Å². The second kappa shape index (κ2) is 8.03. The number of para-hydroxylation sites is 1. The van der Waals surface area contributed by atoms with Gasteiger partial charge in [0.25, 0.3) is 5.91 Å². The maximum Gasteiger partial charge on any atom is 0.252 e. The van der Waals surface area contributed by atoms with Gasteiger partial charge in [0.15, 0.2) is 0 Å². The molecule has 3 aromatic rings. The van der Waals surface area contributed by atoms with E-state index in [0.717, 1.165) is 48.1 Å². The summed E-state index contributed by atoms with van der Waals surface area (Å²) in [6.07, 6.45) is 3.86. The number of aromatic nitrogens is 2. The van der Waals surface area contributed by atoms with E-state index in [1.807, 2.05) is 49.4 Å². The molecule has 1 unspecified atom stereocenters. The number of rotatable bonds is 5. The molecule has 1 saturated carbocycles. The molecule has 154 valence electrons. The maximum absolute atomic E-state index is 13.3. The van der Waals surface area contributed by atoms with Crippen LogP contribution in [0.2, 0.25) is 0 Å². The van der Waals surface area contributed by atoms with Gasteiger partial charge in [0.05, 0.1) is 23.4 Å². The second-order valence-corrected chi connectivity index (χ2v) is 8.21. The van der Waals surface area contributed by atoms with Crippen LogP contribution in [-0.2, 0) is 0 Å². The standard InChI is InChI=1S/C24H26N4O2/c1-2-30-23-8-7-15(14-26-23)22-11-20(19-5-3-4-6-21(19)28-22)24(29)27-18-9-16-12-25-13-17(16)10-18/h3-8,11,14,16-18,25H,2,9-10,12-13H2,1H3,(H,27,29)/t16-,17+,18?. The number of nitrogens with zero attached hydrogens (tertiary/aromatic N) is 2. The summed E-state index contributed by atoms with van der Waals surface area (Å²) in [7, 11) is 0. The van der Waals surface area contributed by atoms with Gasteiger partial charge >= 0.3 is 0 Å². The monoisotopic (exact) mass is 402 g/mol. The molecule has 6 nitrogen and oxygen atoms in total. The first-order chi connectivity index (χ1) is 14.7. The van der Waals surface area contributed by atoms with E-state index in [-0.39, 0.29) is 11.9 Å². The number of hydrogen-bond donors (Lipinski definition) is 2. The zero-order valence-electron chi connectivity index (χ0n) is 17.1. The van der Waals surface area contributed by atoms with Crippen molar-refractivity contribution in [2.75, 3.05) is 19.7 Å². The summed E-state index contributed by atoms with van der Waals surface area (Å²) in [5.41, 5.74) is 3.07. The molecular weight excluding hydrogens is 376 g/mol. The highest BCUT2D eigenvalue weighted by molar-refractivity contribution is 6.07. The van der Waals surface area contributed by atoms with Crippen molar-refractivity contribution in [3.05, 3.63) is 54.2 Å². The quantitative estimate of drug-likeness (QED) is 0.684. The Labute approximate surface area is 176 Å². The van der Waals surface area contributed by atoms with Gasteiger partial charge < -0.3 is 15.4 Å². The van der Waals surface area contributed by atoms with Gasteiger partial charge in [-0.05, 0) is 62.9 Å². The van der Waals surface area contributed by atoms with Crippen LogP contribution in [0.1, 0.15) is 30.1 Å². The van der Waals surface area contributed by atoms with Gasteiger partial charge in [0, 0.05) is 29.3 Å². The summed E-state index contributed by atoms with van der Waals surface area (Å²) >= 11 is 0. The van der Waals surface area contributed by atoms with E-state index in [1.165, 1.54) is 0 Å². The smallest absolute Gasteiger partial charge is 0.252 e. The average Bonchev–Trinajstić information content (AvgIpc) is 3.35. The number of pyridine rings is 2. The zero-order valence-corrected chi connectivity index (χ0v) is 17.1. The Hall–Kier alpha value is -2.99. The number of hydrogen-bond acceptors (Lipinski definition) is 5. The van der Waals surface area contributed by atoms with Crippen LogP contribution in [0.4, 0.5) is 0 Å². The van der Waals surface area contributed by atoms with E-state index in [2.05, 4.69) is 15.6 Å². The van der Waals surface area contributed by atoms with Gasteiger partial charge in [0.1, 0.15) is 0 Å². The number of carbonyl (C=O) groups is 1. The SMILES string of the molecule is CCOc1ccc(-c2cc(C(=O)NC3C[C@H]4CNC[C@H]4C3)c3ccccc3n2)cn1. The molecule has 2 fully saturated rings. The minimum absolute atomic E-state index is 0.0216. The topological polar surface area (TPSA) is 76.1 Å². The van der Waals surface area contributed by atoms with E-state index in [0.29, 0.717) is 29.9 Å². The molecule has 2 aromatic heterocycles. The predicted molar refractivity (Wildman–Crippen MR) is 116 cm³/mol. The maximum atomic E-state index is 13.3. The first kappa shape index (κ1) is 19.0. The first-order valence-corrected chi connectivity index (χ1v) is 10.7. The Kier molecular flexibility index (Phi) is 5.09. The minimum atomic E-state index is -0.0216. The van der Waals surface area contributed by atoms with Crippen LogP contribution < -0.4 is 15.4 Å². The summed E-state index contributed by atoms with van der Waals surface area (Å²) in [5.74, 6) is 1.94. The molecule has 3 heterocycles. The number of fused-ring (bicyclic) bond motifs is 2. The Morgan fingerprint density at radius 2 is 1.97 bits per heavy atom. The molecular formula is C24H26N4O2. The Bertz CT molecular complexity index is 1050. The summed E-state index contributed by atoms with van der Waals surface area (Å²) in [4.78, 5) is 22.4. The van der Waals surface area contributed by atoms with Gasteiger partial charge in [-0.15, -0.1) is 0 Å². The molecule has 1 aliphatic heterocycles. The molecule has 1 saturated heterocycles. The van der Waals surface area contributed by atoms with Crippen molar-refractivity contribution < 1.29 is 9.53 Å². The lowest BCUT2D eigenvalue weighted by molar-refractivity contribution is 0.0938. The molecule has 1 aliphatic carbocycles. The molecule has 3 atom stereocenters. The molecule has 0 bridgehead atoms. The van der Waals surface area contributed by atoms with Gasteiger partial charge in [-0.1, -0.05) is 18.2 Å².